The molecule has 0 fully saturated rings. The van der Waals surface area contributed by atoms with Crippen LogP contribution in [0.15, 0.2) is 114 Å². The Morgan fingerprint density at radius 2 is 1.45 bits per heavy atom. The lowest BCUT2D eigenvalue weighted by atomic mass is 9.96. The predicted octanol–water partition coefficient (Wildman–Crippen LogP) is 6.10. The van der Waals surface area contributed by atoms with Gasteiger partial charge in [-0.15, -0.1) is 0 Å². The Kier molecular flexibility index (Phi) is 4.62. The molecule has 0 aliphatic rings. The fraction of sp³-hybridized carbons (Fsp3) is 0.0345. The van der Waals surface area contributed by atoms with Gasteiger partial charge in [0.05, 0.1) is 11.4 Å². The first kappa shape index (κ1) is 19.3. The van der Waals surface area contributed by atoms with Crippen LogP contribution >= 0.6 is 0 Å². The zero-order valence-electron chi connectivity index (χ0n) is 17.9. The second kappa shape index (κ2) is 7.92. The van der Waals surface area contributed by atoms with Crippen molar-refractivity contribution in [2.75, 3.05) is 0 Å². The summed E-state index contributed by atoms with van der Waals surface area (Å²) in [4.78, 5) is 16.7. The van der Waals surface area contributed by atoms with Crippen LogP contribution in [0.3, 0.4) is 0 Å². The highest BCUT2D eigenvalue weighted by Gasteiger charge is 2.20. The minimum Gasteiger partial charge on any atom is -0.339 e. The number of fused-ring (bicyclic) bond motifs is 2. The summed E-state index contributed by atoms with van der Waals surface area (Å²) in [5.74, 6) is 0. The van der Waals surface area contributed by atoms with Crippen LogP contribution in [0.4, 0.5) is 0 Å². The molecule has 1 N–H and O–H groups in total. The van der Waals surface area contributed by atoms with E-state index in [0.29, 0.717) is 12.1 Å². The minimum atomic E-state index is -0.150. The Hall–Kier alpha value is -4.44. The number of hydrogen-bond donors (Lipinski definition) is 1. The molecular weight excluding hydrogens is 406 g/mol. The van der Waals surface area contributed by atoms with Crippen LogP contribution in [0.2, 0.25) is 0 Å². The summed E-state index contributed by atoms with van der Waals surface area (Å²) in [7, 11) is 0. The molecule has 0 amide bonds. The highest BCUT2D eigenvalue weighted by Crippen LogP contribution is 2.34. The van der Waals surface area contributed by atoms with E-state index >= 15 is 0 Å². The van der Waals surface area contributed by atoms with E-state index in [4.69, 9.17) is 5.10 Å². The van der Waals surface area contributed by atoms with Gasteiger partial charge in [0.15, 0.2) is 0 Å². The Morgan fingerprint density at radius 3 is 2.27 bits per heavy atom. The summed E-state index contributed by atoms with van der Waals surface area (Å²) >= 11 is 0. The van der Waals surface area contributed by atoms with E-state index in [-0.39, 0.29) is 5.56 Å². The van der Waals surface area contributed by atoms with Crippen LogP contribution in [0.25, 0.3) is 38.8 Å². The van der Waals surface area contributed by atoms with Gasteiger partial charge in [-0.2, -0.15) is 9.61 Å². The van der Waals surface area contributed by atoms with Crippen LogP contribution in [-0.4, -0.2) is 14.6 Å². The van der Waals surface area contributed by atoms with Gasteiger partial charge in [-0.3, -0.25) is 4.79 Å². The predicted molar refractivity (Wildman–Crippen MR) is 133 cm³/mol. The highest BCUT2D eigenvalue weighted by molar-refractivity contribution is 6.00. The molecule has 158 valence electrons. The first-order valence-corrected chi connectivity index (χ1v) is 11.0. The summed E-state index contributed by atoms with van der Waals surface area (Å²) in [6.45, 7) is 0. The van der Waals surface area contributed by atoms with Gasteiger partial charge in [-0.25, -0.2) is 0 Å². The molecule has 4 aromatic carbocycles. The highest BCUT2D eigenvalue weighted by atomic mass is 16.1. The summed E-state index contributed by atoms with van der Waals surface area (Å²) in [5, 5.41) is 7.09. The van der Waals surface area contributed by atoms with Crippen molar-refractivity contribution in [2.45, 2.75) is 6.42 Å². The first-order chi connectivity index (χ1) is 16.3. The van der Waals surface area contributed by atoms with Crippen molar-refractivity contribution < 1.29 is 0 Å². The van der Waals surface area contributed by atoms with E-state index in [1.54, 1.807) is 6.07 Å². The van der Waals surface area contributed by atoms with Gasteiger partial charge in [0.2, 0.25) is 0 Å². The lowest BCUT2D eigenvalue weighted by Crippen LogP contribution is -2.14. The van der Waals surface area contributed by atoms with Gasteiger partial charge in [-0.05, 0) is 27.5 Å². The molecule has 4 heteroatoms. The zero-order valence-corrected chi connectivity index (χ0v) is 17.9. The summed E-state index contributed by atoms with van der Waals surface area (Å²) in [5.41, 5.74) is 6.36. The number of aromatic amines is 1. The molecule has 0 atom stereocenters. The molecule has 0 saturated carbocycles. The van der Waals surface area contributed by atoms with Crippen molar-refractivity contribution in [3.63, 3.8) is 0 Å². The maximum absolute atomic E-state index is 13.2. The molecule has 6 rings (SSSR count). The van der Waals surface area contributed by atoms with Crippen LogP contribution in [-0.2, 0) is 6.42 Å². The zero-order chi connectivity index (χ0) is 22.2. The van der Waals surface area contributed by atoms with Crippen LogP contribution in [0.5, 0.6) is 0 Å². The molecule has 4 nitrogen and oxygen atoms in total. The van der Waals surface area contributed by atoms with Crippen LogP contribution in [0.1, 0.15) is 11.3 Å². The molecule has 0 aliphatic carbocycles. The van der Waals surface area contributed by atoms with Gasteiger partial charge < -0.3 is 4.98 Å². The van der Waals surface area contributed by atoms with Crippen molar-refractivity contribution in [2.24, 2.45) is 0 Å². The fourth-order valence-corrected chi connectivity index (χ4v) is 4.50. The average Bonchev–Trinajstić information content (AvgIpc) is 3.23. The number of aromatic nitrogens is 3. The molecule has 0 unspecified atom stereocenters. The van der Waals surface area contributed by atoms with Crippen LogP contribution < -0.4 is 5.56 Å². The van der Waals surface area contributed by atoms with Gasteiger partial charge in [0, 0.05) is 18.1 Å². The molecule has 0 saturated heterocycles. The Balaban J connectivity index is 1.67. The normalized spacial score (nSPS) is 11.3. The molecule has 33 heavy (non-hydrogen) atoms. The second-order valence-electron chi connectivity index (χ2n) is 8.16. The van der Waals surface area contributed by atoms with Gasteiger partial charge in [0.25, 0.3) is 5.56 Å². The molecule has 6 aromatic rings. The van der Waals surface area contributed by atoms with E-state index in [2.05, 4.69) is 47.4 Å². The molecule has 0 bridgehead atoms. The first-order valence-electron chi connectivity index (χ1n) is 11.0. The number of benzene rings is 4. The number of H-pyrrole nitrogens is 1. The van der Waals surface area contributed by atoms with Gasteiger partial charge >= 0.3 is 0 Å². The smallest absolute Gasteiger partial charge is 0.274 e. The number of hydrogen-bond acceptors (Lipinski definition) is 2. The standard InChI is InChI=1S/C29H21N3O/c33-27-19-25(22-13-5-2-6-14-22)30-29-28(24-17-9-15-21-12-7-8-16-23(21)24)26(31-32(27)29)18-20-10-3-1-4-11-20/h1-17,19,30H,18H2. The molecule has 0 aliphatic heterocycles. The third kappa shape index (κ3) is 3.42. The SMILES string of the molecule is O=c1cc(-c2ccccc2)[nH]c2c(-c3cccc4ccccc34)c(Cc3ccccc3)nn12. The molecule has 0 radical (unpaired) electrons. The number of nitrogens with zero attached hydrogens (tertiary/aromatic N) is 2. The summed E-state index contributed by atoms with van der Waals surface area (Å²) in [6.07, 6.45) is 0.634. The topological polar surface area (TPSA) is 50.2 Å². The molecular formula is C29H21N3O. The molecule has 2 heterocycles. The average molecular weight is 428 g/mol. The Labute approximate surface area is 190 Å². The third-order valence-corrected chi connectivity index (χ3v) is 6.05. The monoisotopic (exact) mass is 427 g/mol. The van der Waals surface area contributed by atoms with Crippen LogP contribution in [0, 0.1) is 0 Å². The van der Waals surface area contributed by atoms with Crippen molar-refractivity contribution >= 4 is 16.4 Å². The number of rotatable bonds is 4. The largest absolute Gasteiger partial charge is 0.339 e. The van der Waals surface area contributed by atoms with E-state index in [0.717, 1.165) is 44.4 Å². The summed E-state index contributed by atoms with van der Waals surface area (Å²) < 4.78 is 1.50. The maximum atomic E-state index is 13.2. The molecule has 0 spiro atoms. The van der Waals surface area contributed by atoms with Crippen molar-refractivity contribution in [3.8, 4) is 22.4 Å². The lowest BCUT2D eigenvalue weighted by Gasteiger charge is -2.09. The van der Waals surface area contributed by atoms with Crippen molar-refractivity contribution in [1.82, 2.24) is 14.6 Å². The quantitative estimate of drug-likeness (QED) is 0.369. The van der Waals surface area contributed by atoms with Crippen molar-refractivity contribution in [3.05, 3.63) is 131 Å². The lowest BCUT2D eigenvalue weighted by molar-refractivity contribution is 0.866. The van der Waals surface area contributed by atoms with E-state index in [1.165, 1.54) is 4.52 Å². The second-order valence-corrected chi connectivity index (χ2v) is 8.16. The van der Waals surface area contributed by atoms with Gasteiger partial charge in [0.1, 0.15) is 5.65 Å². The fourth-order valence-electron chi connectivity index (χ4n) is 4.50. The van der Waals surface area contributed by atoms with E-state index in [9.17, 15) is 4.79 Å². The van der Waals surface area contributed by atoms with Gasteiger partial charge in [-0.1, -0.05) is 103 Å². The maximum Gasteiger partial charge on any atom is 0.274 e. The third-order valence-electron chi connectivity index (χ3n) is 6.05. The Morgan fingerprint density at radius 1 is 0.758 bits per heavy atom. The minimum absolute atomic E-state index is 0.150. The Bertz CT molecular complexity index is 1640. The summed E-state index contributed by atoms with van der Waals surface area (Å²) in [6, 6.07) is 36.4. The van der Waals surface area contributed by atoms with Crippen molar-refractivity contribution in [1.29, 1.82) is 0 Å². The van der Waals surface area contributed by atoms with E-state index < -0.39 is 0 Å². The number of nitrogens with one attached hydrogen (secondary N) is 1. The van der Waals surface area contributed by atoms with E-state index in [1.807, 2.05) is 60.7 Å². The molecule has 2 aromatic heterocycles.